The maximum atomic E-state index is 12.7. The zero-order valence-electron chi connectivity index (χ0n) is 10.7. The van der Waals surface area contributed by atoms with Gasteiger partial charge in [0.1, 0.15) is 11.4 Å². The van der Waals surface area contributed by atoms with E-state index in [0.29, 0.717) is 23.4 Å². The highest BCUT2D eigenvalue weighted by atomic mass is 19.3. The Morgan fingerprint density at radius 2 is 2.10 bits per heavy atom. The first kappa shape index (κ1) is 13.2. The number of alkyl halides is 2. The third-order valence-electron chi connectivity index (χ3n) is 3.07. The van der Waals surface area contributed by atoms with Gasteiger partial charge in [-0.1, -0.05) is 0 Å². The van der Waals surface area contributed by atoms with Gasteiger partial charge in [-0.2, -0.15) is 5.10 Å². The van der Waals surface area contributed by atoms with Crippen LogP contribution in [0.25, 0.3) is 22.2 Å². The minimum atomic E-state index is -2.64. The molecule has 0 saturated carbocycles. The average Bonchev–Trinajstić information content (AvgIpc) is 2.91. The Balaban J connectivity index is 2.13. The number of anilines is 1. The van der Waals surface area contributed by atoms with Crippen LogP contribution in [0.1, 0.15) is 12.1 Å². The first-order valence-corrected chi connectivity index (χ1v) is 6.12. The van der Waals surface area contributed by atoms with Crippen molar-refractivity contribution < 1.29 is 13.6 Å². The van der Waals surface area contributed by atoms with Gasteiger partial charge in [0.25, 0.3) is 6.43 Å². The molecule has 0 saturated heterocycles. The lowest BCUT2D eigenvalue weighted by Gasteiger charge is -2.03. The van der Waals surface area contributed by atoms with Gasteiger partial charge in [0.15, 0.2) is 0 Å². The van der Waals surface area contributed by atoms with Crippen LogP contribution in [0.15, 0.2) is 36.5 Å². The van der Waals surface area contributed by atoms with Crippen LogP contribution < -0.4 is 5.32 Å². The van der Waals surface area contributed by atoms with Gasteiger partial charge in [-0.25, -0.2) is 8.78 Å². The number of aromatic amines is 1. The standard InChI is InChI=1S/C14H10F2N4O/c15-14(16)12-5-8(3-4-17-12)13-10-6-9(18-7-21)1-2-11(10)19-20-13/h1-7,14H,(H,18,21)(H,19,20). The molecule has 0 aliphatic rings. The number of nitrogens with zero attached hydrogens (tertiary/aromatic N) is 2. The molecule has 21 heavy (non-hydrogen) atoms. The average molecular weight is 288 g/mol. The molecular formula is C14H10F2N4O. The van der Waals surface area contributed by atoms with Crippen molar-refractivity contribution in [2.45, 2.75) is 6.43 Å². The van der Waals surface area contributed by atoms with Crippen molar-refractivity contribution in [2.24, 2.45) is 0 Å². The van der Waals surface area contributed by atoms with E-state index < -0.39 is 6.43 Å². The number of hydrogen-bond donors (Lipinski definition) is 2. The number of amides is 1. The van der Waals surface area contributed by atoms with E-state index in [1.807, 2.05) is 0 Å². The van der Waals surface area contributed by atoms with E-state index in [1.54, 1.807) is 24.3 Å². The van der Waals surface area contributed by atoms with Gasteiger partial charge in [-0.15, -0.1) is 0 Å². The van der Waals surface area contributed by atoms with Crippen LogP contribution in [-0.4, -0.2) is 21.6 Å². The van der Waals surface area contributed by atoms with Gasteiger partial charge < -0.3 is 5.32 Å². The highest BCUT2D eigenvalue weighted by Crippen LogP contribution is 2.29. The highest BCUT2D eigenvalue weighted by molar-refractivity contribution is 5.95. The molecule has 2 aromatic heterocycles. The largest absolute Gasteiger partial charge is 0.329 e. The fourth-order valence-corrected chi connectivity index (χ4v) is 2.11. The molecule has 2 N–H and O–H groups in total. The molecule has 0 atom stereocenters. The summed E-state index contributed by atoms with van der Waals surface area (Å²) in [5.41, 5.74) is 2.12. The van der Waals surface area contributed by atoms with Crippen molar-refractivity contribution >= 4 is 23.0 Å². The highest BCUT2D eigenvalue weighted by Gasteiger charge is 2.13. The second-order valence-corrected chi connectivity index (χ2v) is 4.36. The Hall–Kier alpha value is -2.83. The van der Waals surface area contributed by atoms with Crippen molar-refractivity contribution in [1.82, 2.24) is 15.2 Å². The number of aromatic nitrogens is 3. The predicted octanol–water partition coefficient (Wildman–Crippen LogP) is 3.13. The quantitative estimate of drug-likeness (QED) is 0.724. The van der Waals surface area contributed by atoms with Crippen molar-refractivity contribution in [3.8, 4) is 11.3 Å². The molecule has 1 aromatic carbocycles. The summed E-state index contributed by atoms with van der Waals surface area (Å²) >= 11 is 0. The molecule has 3 aromatic rings. The molecule has 106 valence electrons. The van der Waals surface area contributed by atoms with E-state index >= 15 is 0 Å². The molecule has 0 radical (unpaired) electrons. The summed E-state index contributed by atoms with van der Waals surface area (Å²) in [6.45, 7) is 0. The molecule has 5 nitrogen and oxygen atoms in total. The van der Waals surface area contributed by atoms with Crippen LogP contribution in [-0.2, 0) is 4.79 Å². The Morgan fingerprint density at radius 3 is 2.86 bits per heavy atom. The fourth-order valence-electron chi connectivity index (χ4n) is 2.11. The molecule has 7 heteroatoms. The number of fused-ring (bicyclic) bond motifs is 1. The first-order valence-electron chi connectivity index (χ1n) is 6.12. The number of benzene rings is 1. The van der Waals surface area contributed by atoms with Crippen LogP contribution in [0.4, 0.5) is 14.5 Å². The predicted molar refractivity (Wildman–Crippen MR) is 74.0 cm³/mol. The summed E-state index contributed by atoms with van der Waals surface area (Å²) in [4.78, 5) is 14.1. The summed E-state index contributed by atoms with van der Waals surface area (Å²) in [6.07, 6.45) is -0.741. The monoisotopic (exact) mass is 288 g/mol. The molecule has 0 bridgehead atoms. The van der Waals surface area contributed by atoms with Gasteiger partial charge in [0, 0.05) is 22.8 Å². The fraction of sp³-hybridized carbons (Fsp3) is 0.0714. The third kappa shape index (κ3) is 2.45. The molecule has 2 heterocycles. The lowest BCUT2D eigenvalue weighted by Crippen LogP contribution is -1.93. The number of H-pyrrole nitrogens is 1. The van der Waals surface area contributed by atoms with E-state index in [4.69, 9.17) is 0 Å². The Morgan fingerprint density at radius 1 is 1.24 bits per heavy atom. The van der Waals surface area contributed by atoms with E-state index in [0.717, 1.165) is 10.9 Å². The van der Waals surface area contributed by atoms with Gasteiger partial charge in [0.2, 0.25) is 6.41 Å². The summed E-state index contributed by atoms with van der Waals surface area (Å²) in [6, 6.07) is 8.12. The minimum Gasteiger partial charge on any atom is -0.329 e. The summed E-state index contributed by atoms with van der Waals surface area (Å²) < 4.78 is 25.5. The number of nitrogens with one attached hydrogen (secondary N) is 2. The number of carbonyl (C=O) groups is 1. The topological polar surface area (TPSA) is 70.7 Å². The molecule has 0 aliphatic carbocycles. The second kappa shape index (κ2) is 5.28. The van der Waals surface area contributed by atoms with Gasteiger partial charge in [0.05, 0.1) is 5.52 Å². The Bertz CT molecular complexity index is 801. The van der Waals surface area contributed by atoms with Crippen LogP contribution in [0, 0.1) is 0 Å². The number of carbonyl (C=O) groups excluding carboxylic acids is 1. The Kier molecular flexibility index (Phi) is 3.31. The van der Waals surface area contributed by atoms with E-state index in [2.05, 4.69) is 20.5 Å². The molecule has 0 spiro atoms. The number of hydrogen-bond acceptors (Lipinski definition) is 3. The van der Waals surface area contributed by atoms with Crippen molar-refractivity contribution in [3.63, 3.8) is 0 Å². The maximum Gasteiger partial charge on any atom is 0.280 e. The summed E-state index contributed by atoms with van der Waals surface area (Å²) in [5, 5.41) is 10.3. The van der Waals surface area contributed by atoms with Gasteiger partial charge >= 0.3 is 0 Å². The van der Waals surface area contributed by atoms with Crippen LogP contribution in [0.3, 0.4) is 0 Å². The van der Waals surface area contributed by atoms with Gasteiger partial charge in [-0.3, -0.25) is 14.9 Å². The third-order valence-corrected chi connectivity index (χ3v) is 3.07. The lowest BCUT2D eigenvalue weighted by molar-refractivity contribution is -0.105. The molecule has 0 aliphatic heterocycles. The normalized spacial score (nSPS) is 11.0. The first-order chi connectivity index (χ1) is 10.2. The zero-order valence-corrected chi connectivity index (χ0v) is 10.7. The molecular weight excluding hydrogens is 278 g/mol. The number of rotatable bonds is 4. The number of pyridine rings is 1. The minimum absolute atomic E-state index is 0.300. The SMILES string of the molecule is O=CNc1ccc2[nH]nc(-c3ccnc(C(F)F)c3)c2c1. The van der Waals surface area contributed by atoms with Crippen LogP contribution in [0.2, 0.25) is 0 Å². The smallest absolute Gasteiger partial charge is 0.280 e. The van der Waals surface area contributed by atoms with Crippen molar-refractivity contribution in [3.05, 3.63) is 42.2 Å². The van der Waals surface area contributed by atoms with Gasteiger partial charge in [-0.05, 0) is 30.3 Å². The second-order valence-electron chi connectivity index (χ2n) is 4.36. The Labute approximate surface area is 118 Å². The molecule has 0 unspecified atom stereocenters. The molecule has 1 amide bonds. The summed E-state index contributed by atoms with van der Waals surface area (Å²) in [5.74, 6) is 0. The van der Waals surface area contributed by atoms with Crippen LogP contribution >= 0.6 is 0 Å². The summed E-state index contributed by atoms with van der Waals surface area (Å²) in [7, 11) is 0. The lowest BCUT2D eigenvalue weighted by atomic mass is 10.1. The van der Waals surface area contributed by atoms with Crippen LogP contribution in [0.5, 0.6) is 0 Å². The van der Waals surface area contributed by atoms with E-state index in [1.165, 1.54) is 12.3 Å². The van der Waals surface area contributed by atoms with Crippen molar-refractivity contribution in [1.29, 1.82) is 0 Å². The van der Waals surface area contributed by atoms with Crippen molar-refractivity contribution in [2.75, 3.05) is 5.32 Å². The molecule has 0 fully saturated rings. The number of halogens is 2. The molecule has 3 rings (SSSR count). The van der Waals surface area contributed by atoms with E-state index in [9.17, 15) is 13.6 Å². The zero-order chi connectivity index (χ0) is 14.8. The van der Waals surface area contributed by atoms with E-state index in [-0.39, 0.29) is 5.69 Å². The maximum absolute atomic E-state index is 12.7.